The van der Waals surface area contributed by atoms with Gasteiger partial charge in [-0.1, -0.05) is 29.8 Å². The average Bonchev–Trinajstić information content (AvgIpc) is 3.29. The van der Waals surface area contributed by atoms with Crippen LogP contribution in [0.15, 0.2) is 47.8 Å². The number of rotatable bonds is 3. The molecule has 3 heterocycles. The summed E-state index contributed by atoms with van der Waals surface area (Å²) in [5.74, 6) is 1.47. The van der Waals surface area contributed by atoms with Crippen molar-refractivity contribution in [2.24, 2.45) is 0 Å². The molecule has 5 nitrogen and oxygen atoms in total. The van der Waals surface area contributed by atoms with Crippen LogP contribution >= 0.6 is 11.3 Å². The molecule has 5 rings (SSSR count). The molecule has 0 spiro atoms. The fourth-order valence-corrected chi connectivity index (χ4v) is 4.42. The lowest BCUT2D eigenvalue weighted by Gasteiger charge is -2.18. The summed E-state index contributed by atoms with van der Waals surface area (Å²) >= 11 is 1.58. The Hall–Kier alpha value is -3.30. The molecule has 2 aromatic carbocycles. The third-order valence-electron chi connectivity index (χ3n) is 4.87. The summed E-state index contributed by atoms with van der Waals surface area (Å²) < 4.78 is 13.4. The minimum absolute atomic E-state index is 0.278. The van der Waals surface area contributed by atoms with E-state index >= 15 is 0 Å². The summed E-state index contributed by atoms with van der Waals surface area (Å²) in [4.78, 5) is 5.73. The standard InChI is InChI=1S/C22H17N3O2S/c1-14-2-4-15(5-3-14)18-13-28-22-24-21(17(8-9-23)25(18)22)16-6-7-19-20(12-16)27-11-10-26-19/h2-7,12-13H,8,10-11H2,1H3. The van der Waals surface area contributed by atoms with Crippen molar-refractivity contribution in [3.63, 3.8) is 0 Å². The van der Waals surface area contributed by atoms with Gasteiger partial charge in [0, 0.05) is 10.9 Å². The monoisotopic (exact) mass is 387 g/mol. The minimum atomic E-state index is 0.278. The number of nitriles is 1. The van der Waals surface area contributed by atoms with Crippen LogP contribution in [0.4, 0.5) is 0 Å². The molecule has 0 N–H and O–H groups in total. The summed E-state index contributed by atoms with van der Waals surface area (Å²) in [6, 6.07) is 16.6. The summed E-state index contributed by atoms with van der Waals surface area (Å²) in [7, 11) is 0. The topological polar surface area (TPSA) is 59.5 Å². The fourth-order valence-electron chi connectivity index (χ4n) is 3.50. The fraction of sp³-hybridized carbons (Fsp3) is 0.182. The van der Waals surface area contributed by atoms with E-state index in [0.717, 1.165) is 44.7 Å². The molecular formula is C22H17N3O2S. The molecule has 1 aliphatic heterocycles. The zero-order valence-electron chi connectivity index (χ0n) is 15.3. The zero-order valence-corrected chi connectivity index (χ0v) is 16.1. The molecule has 138 valence electrons. The number of aromatic nitrogens is 2. The van der Waals surface area contributed by atoms with Crippen LogP contribution in [0.5, 0.6) is 11.5 Å². The van der Waals surface area contributed by atoms with Gasteiger partial charge in [0.2, 0.25) is 0 Å². The summed E-state index contributed by atoms with van der Waals surface area (Å²) in [6.45, 7) is 3.18. The van der Waals surface area contributed by atoms with E-state index in [-0.39, 0.29) is 6.42 Å². The maximum atomic E-state index is 9.46. The van der Waals surface area contributed by atoms with Crippen LogP contribution in [-0.2, 0) is 6.42 Å². The van der Waals surface area contributed by atoms with E-state index < -0.39 is 0 Å². The number of fused-ring (bicyclic) bond motifs is 2. The molecule has 0 atom stereocenters. The van der Waals surface area contributed by atoms with Crippen molar-refractivity contribution in [3.05, 3.63) is 59.1 Å². The smallest absolute Gasteiger partial charge is 0.194 e. The molecule has 1 aliphatic rings. The Kier molecular flexibility index (Phi) is 4.03. The molecule has 0 saturated heterocycles. The molecule has 6 heteroatoms. The predicted octanol–water partition coefficient (Wildman–Crippen LogP) is 4.88. The van der Waals surface area contributed by atoms with Crippen LogP contribution in [0.25, 0.3) is 27.5 Å². The normalized spacial score (nSPS) is 12.9. The number of hydrogen-bond acceptors (Lipinski definition) is 5. The van der Waals surface area contributed by atoms with Crippen LogP contribution < -0.4 is 9.47 Å². The second-order valence-electron chi connectivity index (χ2n) is 6.71. The van der Waals surface area contributed by atoms with Crippen LogP contribution in [0, 0.1) is 18.3 Å². The third kappa shape index (κ3) is 2.72. The number of nitrogens with zero attached hydrogens (tertiary/aromatic N) is 3. The van der Waals surface area contributed by atoms with Gasteiger partial charge in [-0.15, -0.1) is 11.3 Å². The first-order valence-electron chi connectivity index (χ1n) is 9.07. The van der Waals surface area contributed by atoms with Gasteiger partial charge in [-0.05, 0) is 30.7 Å². The Morgan fingerprint density at radius 3 is 2.61 bits per heavy atom. The van der Waals surface area contributed by atoms with E-state index in [1.165, 1.54) is 5.56 Å². The van der Waals surface area contributed by atoms with E-state index in [1.54, 1.807) is 11.3 Å². The first-order chi connectivity index (χ1) is 13.7. The summed E-state index contributed by atoms with van der Waals surface area (Å²) in [6.07, 6.45) is 0.278. The molecule has 0 radical (unpaired) electrons. The Morgan fingerprint density at radius 2 is 1.82 bits per heavy atom. The highest BCUT2D eigenvalue weighted by Crippen LogP contribution is 2.38. The largest absolute Gasteiger partial charge is 0.486 e. The number of aryl methyl sites for hydroxylation is 1. The van der Waals surface area contributed by atoms with Gasteiger partial charge in [0.05, 0.1) is 29.6 Å². The maximum Gasteiger partial charge on any atom is 0.194 e. The van der Waals surface area contributed by atoms with Gasteiger partial charge < -0.3 is 9.47 Å². The van der Waals surface area contributed by atoms with E-state index in [9.17, 15) is 5.26 Å². The highest BCUT2D eigenvalue weighted by molar-refractivity contribution is 7.15. The lowest BCUT2D eigenvalue weighted by Crippen LogP contribution is -2.15. The molecule has 4 aromatic rings. The third-order valence-corrected chi connectivity index (χ3v) is 5.69. The minimum Gasteiger partial charge on any atom is -0.486 e. The second-order valence-corrected chi connectivity index (χ2v) is 7.54. The van der Waals surface area contributed by atoms with Crippen molar-refractivity contribution in [3.8, 4) is 40.1 Å². The zero-order chi connectivity index (χ0) is 19.1. The van der Waals surface area contributed by atoms with Crippen molar-refractivity contribution < 1.29 is 9.47 Å². The van der Waals surface area contributed by atoms with Crippen LogP contribution in [0.1, 0.15) is 11.3 Å². The van der Waals surface area contributed by atoms with Crippen LogP contribution in [0.2, 0.25) is 0 Å². The van der Waals surface area contributed by atoms with E-state index in [0.29, 0.717) is 13.2 Å². The van der Waals surface area contributed by atoms with Gasteiger partial charge in [0.25, 0.3) is 0 Å². The Bertz CT molecular complexity index is 1220. The van der Waals surface area contributed by atoms with Gasteiger partial charge in [0.1, 0.15) is 13.2 Å². The molecule has 0 unspecified atom stereocenters. The van der Waals surface area contributed by atoms with Crippen LogP contribution in [-0.4, -0.2) is 22.6 Å². The molecular weight excluding hydrogens is 370 g/mol. The highest BCUT2D eigenvalue weighted by Gasteiger charge is 2.21. The van der Waals surface area contributed by atoms with Crippen molar-refractivity contribution in [2.45, 2.75) is 13.3 Å². The Balaban J connectivity index is 1.69. The first kappa shape index (κ1) is 16.8. The van der Waals surface area contributed by atoms with Gasteiger partial charge in [-0.3, -0.25) is 4.40 Å². The molecule has 0 bridgehead atoms. The highest BCUT2D eigenvalue weighted by atomic mass is 32.1. The van der Waals surface area contributed by atoms with Crippen LogP contribution in [0.3, 0.4) is 0 Å². The van der Waals surface area contributed by atoms with Gasteiger partial charge in [-0.2, -0.15) is 5.26 Å². The Labute approximate surface area is 166 Å². The molecule has 0 saturated carbocycles. The predicted molar refractivity (Wildman–Crippen MR) is 109 cm³/mol. The van der Waals surface area contributed by atoms with Crippen molar-refractivity contribution in [2.75, 3.05) is 13.2 Å². The lowest BCUT2D eigenvalue weighted by molar-refractivity contribution is 0.171. The SMILES string of the molecule is Cc1ccc(-c2csc3nc(-c4ccc5c(c4)OCCO5)c(CC#N)n23)cc1. The molecule has 0 amide bonds. The van der Waals surface area contributed by atoms with E-state index in [2.05, 4.69) is 47.0 Å². The molecule has 2 aromatic heterocycles. The number of ether oxygens (including phenoxy) is 2. The summed E-state index contributed by atoms with van der Waals surface area (Å²) in [5, 5.41) is 11.6. The van der Waals surface area contributed by atoms with Crippen molar-refractivity contribution >= 4 is 16.3 Å². The van der Waals surface area contributed by atoms with Gasteiger partial charge in [0.15, 0.2) is 16.5 Å². The number of hydrogen-bond donors (Lipinski definition) is 0. The van der Waals surface area contributed by atoms with Gasteiger partial charge in [-0.25, -0.2) is 4.98 Å². The molecule has 28 heavy (non-hydrogen) atoms. The molecule has 0 aliphatic carbocycles. The first-order valence-corrected chi connectivity index (χ1v) is 9.95. The van der Waals surface area contributed by atoms with Crippen molar-refractivity contribution in [1.29, 1.82) is 5.26 Å². The number of thiazole rings is 1. The summed E-state index contributed by atoms with van der Waals surface area (Å²) in [5.41, 5.74) is 6.03. The van der Waals surface area contributed by atoms with Crippen molar-refractivity contribution in [1.82, 2.24) is 9.38 Å². The van der Waals surface area contributed by atoms with E-state index in [1.807, 2.05) is 18.2 Å². The quantitative estimate of drug-likeness (QED) is 0.503. The maximum absolute atomic E-state index is 9.46. The Morgan fingerprint density at radius 1 is 1.07 bits per heavy atom. The lowest BCUT2D eigenvalue weighted by atomic mass is 10.1. The van der Waals surface area contributed by atoms with E-state index in [4.69, 9.17) is 14.5 Å². The van der Waals surface area contributed by atoms with Gasteiger partial charge >= 0.3 is 0 Å². The second kappa shape index (κ2) is 6.70. The number of benzene rings is 2. The average molecular weight is 387 g/mol. The number of imidazole rings is 1. The molecule has 0 fully saturated rings.